The largest absolute Gasteiger partial charge is 0.469 e. The summed E-state index contributed by atoms with van der Waals surface area (Å²) in [6.45, 7) is 3.46. The zero-order valence-electron chi connectivity index (χ0n) is 10.9. The highest BCUT2D eigenvalue weighted by atomic mass is 32.2. The molecule has 0 saturated heterocycles. The third-order valence-corrected chi connectivity index (χ3v) is 3.99. The Bertz CT molecular complexity index is 438. The molecule has 1 rings (SSSR count). The molecule has 106 valence electrons. The molecule has 0 spiro atoms. The van der Waals surface area contributed by atoms with Crippen molar-refractivity contribution in [1.29, 1.82) is 0 Å². The van der Waals surface area contributed by atoms with E-state index in [1.807, 2.05) is 0 Å². The zero-order valence-corrected chi connectivity index (χ0v) is 11.7. The molecule has 19 heavy (non-hydrogen) atoms. The van der Waals surface area contributed by atoms with Crippen molar-refractivity contribution in [2.75, 3.05) is 12.9 Å². The summed E-state index contributed by atoms with van der Waals surface area (Å²) in [7, 11) is 1.31. The number of halogens is 3. The molecule has 0 bridgehead atoms. The molecule has 0 aliphatic rings. The Labute approximate surface area is 114 Å². The van der Waals surface area contributed by atoms with Gasteiger partial charge in [-0.3, -0.25) is 4.79 Å². The van der Waals surface area contributed by atoms with Crippen LogP contribution in [0.4, 0.5) is 13.2 Å². The summed E-state index contributed by atoms with van der Waals surface area (Å²) in [6, 6.07) is 4.88. The first-order chi connectivity index (χ1) is 8.66. The van der Waals surface area contributed by atoms with Crippen molar-refractivity contribution in [2.45, 2.75) is 24.9 Å². The van der Waals surface area contributed by atoms with Crippen molar-refractivity contribution in [2.24, 2.45) is 5.41 Å². The van der Waals surface area contributed by atoms with E-state index in [2.05, 4.69) is 4.74 Å². The summed E-state index contributed by atoms with van der Waals surface area (Å²) in [6.07, 6.45) is -4.32. The number of hydrogen-bond acceptors (Lipinski definition) is 3. The highest BCUT2D eigenvalue weighted by molar-refractivity contribution is 7.99. The van der Waals surface area contributed by atoms with Gasteiger partial charge in [-0.2, -0.15) is 13.2 Å². The summed E-state index contributed by atoms with van der Waals surface area (Å²) in [5, 5.41) is 0. The van der Waals surface area contributed by atoms with E-state index in [9.17, 15) is 18.0 Å². The summed E-state index contributed by atoms with van der Waals surface area (Å²) in [4.78, 5) is 12.1. The molecular weight excluding hydrogens is 277 g/mol. The second-order valence-corrected chi connectivity index (χ2v) is 5.74. The Kier molecular flexibility index (Phi) is 4.90. The fourth-order valence-electron chi connectivity index (χ4n) is 1.34. The van der Waals surface area contributed by atoms with Crippen LogP contribution in [0.1, 0.15) is 19.4 Å². The third kappa shape index (κ3) is 4.45. The van der Waals surface area contributed by atoms with E-state index in [4.69, 9.17) is 0 Å². The summed E-state index contributed by atoms with van der Waals surface area (Å²) >= 11 is 1.32. The molecule has 0 aliphatic heterocycles. The Morgan fingerprint density at radius 3 is 2.16 bits per heavy atom. The molecule has 0 heterocycles. The molecule has 0 aromatic heterocycles. The molecule has 1 aromatic carbocycles. The number of methoxy groups -OCH3 is 1. The lowest BCUT2D eigenvalue weighted by Crippen LogP contribution is -2.28. The van der Waals surface area contributed by atoms with E-state index in [1.165, 1.54) is 31.0 Å². The van der Waals surface area contributed by atoms with E-state index in [1.54, 1.807) is 13.8 Å². The fourth-order valence-corrected chi connectivity index (χ4v) is 2.31. The number of alkyl halides is 3. The van der Waals surface area contributed by atoms with Crippen LogP contribution in [-0.4, -0.2) is 18.8 Å². The summed E-state index contributed by atoms with van der Waals surface area (Å²) in [5.41, 5.74) is -1.36. The minimum atomic E-state index is -4.32. The average Bonchev–Trinajstić information content (AvgIpc) is 2.35. The lowest BCUT2D eigenvalue weighted by Gasteiger charge is -2.20. The van der Waals surface area contributed by atoms with Crippen molar-refractivity contribution in [1.82, 2.24) is 0 Å². The third-order valence-electron chi connectivity index (χ3n) is 2.52. The maximum atomic E-state index is 12.4. The number of carbonyl (C=O) groups is 1. The quantitative estimate of drug-likeness (QED) is 0.620. The van der Waals surface area contributed by atoms with Crippen LogP contribution in [-0.2, 0) is 15.7 Å². The number of hydrogen-bond donors (Lipinski definition) is 0. The minimum absolute atomic E-state index is 0.341. The van der Waals surface area contributed by atoms with Gasteiger partial charge in [0.2, 0.25) is 0 Å². The van der Waals surface area contributed by atoms with Crippen LogP contribution in [0.2, 0.25) is 0 Å². The predicted molar refractivity (Wildman–Crippen MR) is 68.0 cm³/mol. The topological polar surface area (TPSA) is 26.3 Å². The van der Waals surface area contributed by atoms with Crippen molar-refractivity contribution >= 4 is 17.7 Å². The molecule has 0 unspecified atom stereocenters. The van der Waals surface area contributed by atoms with Gasteiger partial charge in [0.1, 0.15) is 0 Å². The predicted octanol–water partition coefficient (Wildman–Crippen LogP) is 4.00. The Balaban J connectivity index is 2.67. The first-order valence-electron chi connectivity index (χ1n) is 5.55. The Morgan fingerprint density at radius 2 is 1.74 bits per heavy atom. The first kappa shape index (κ1) is 15.9. The van der Waals surface area contributed by atoms with Crippen LogP contribution < -0.4 is 0 Å². The van der Waals surface area contributed by atoms with E-state index in [0.29, 0.717) is 10.6 Å². The fraction of sp³-hybridized carbons (Fsp3) is 0.462. The molecule has 6 heteroatoms. The first-order valence-corrected chi connectivity index (χ1v) is 6.54. The van der Waals surface area contributed by atoms with Gasteiger partial charge in [-0.15, -0.1) is 11.8 Å². The number of ether oxygens (including phenoxy) is 1. The lowest BCUT2D eigenvalue weighted by molar-refractivity contribution is -0.149. The molecule has 0 radical (unpaired) electrons. The van der Waals surface area contributed by atoms with Crippen molar-refractivity contribution < 1.29 is 22.7 Å². The van der Waals surface area contributed by atoms with Gasteiger partial charge in [0.25, 0.3) is 0 Å². The average molecular weight is 292 g/mol. The van der Waals surface area contributed by atoms with Crippen LogP contribution in [0, 0.1) is 5.41 Å². The van der Waals surface area contributed by atoms with Crippen LogP contribution in [0.15, 0.2) is 29.2 Å². The molecule has 0 saturated carbocycles. The van der Waals surface area contributed by atoms with Gasteiger partial charge >= 0.3 is 12.1 Å². The molecule has 0 amide bonds. The number of benzene rings is 1. The van der Waals surface area contributed by atoms with Crippen LogP contribution >= 0.6 is 11.8 Å². The van der Waals surface area contributed by atoms with Crippen LogP contribution in [0.5, 0.6) is 0 Å². The van der Waals surface area contributed by atoms with E-state index in [-0.39, 0.29) is 5.97 Å². The molecular formula is C13H15F3O2S. The van der Waals surface area contributed by atoms with Gasteiger partial charge in [-0.05, 0) is 38.1 Å². The number of carbonyl (C=O) groups excluding carboxylic acids is 1. The monoisotopic (exact) mass is 292 g/mol. The zero-order chi connectivity index (χ0) is 14.7. The van der Waals surface area contributed by atoms with E-state index >= 15 is 0 Å². The second kappa shape index (κ2) is 5.86. The van der Waals surface area contributed by atoms with Gasteiger partial charge in [0.05, 0.1) is 18.1 Å². The minimum Gasteiger partial charge on any atom is -0.469 e. The summed E-state index contributed by atoms with van der Waals surface area (Å²) < 4.78 is 41.8. The number of rotatable bonds is 4. The van der Waals surface area contributed by atoms with Gasteiger partial charge in [0.15, 0.2) is 0 Å². The summed E-state index contributed by atoms with van der Waals surface area (Å²) in [5.74, 6) is 0.0947. The highest BCUT2D eigenvalue weighted by Crippen LogP contribution is 2.32. The smallest absolute Gasteiger partial charge is 0.416 e. The second-order valence-electron chi connectivity index (χ2n) is 4.69. The van der Waals surface area contributed by atoms with Gasteiger partial charge in [-0.1, -0.05) is 0 Å². The van der Waals surface area contributed by atoms with Gasteiger partial charge in [-0.25, -0.2) is 0 Å². The van der Waals surface area contributed by atoms with Crippen molar-refractivity contribution in [3.05, 3.63) is 29.8 Å². The SMILES string of the molecule is COC(=O)C(C)(C)CSc1ccc(C(F)(F)F)cc1. The highest BCUT2D eigenvalue weighted by Gasteiger charge is 2.31. The van der Waals surface area contributed by atoms with Crippen molar-refractivity contribution in [3.63, 3.8) is 0 Å². The van der Waals surface area contributed by atoms with E-state index < -0.39 is 17.2 Å². The number of thioether (sulfide) groups is 1. The van der Waals surface area contributed by atoms with Crippen LogP contribution in [0.3, 0.4) is 0 Å². The molecule has 2 nitrogen and oxygen atoms in total. The Morgan fingerprint density at radius 1 is 1.21 bits per heavy atom. The van der Waals surface area contributed by atoms with Gasteiger partial charge < -0.3 is 4.74 Å². The molecule has 0 N–H and O–H groups in total. The molecule has 1 aromatic rings. The maximum Gasteiger partial charge on any atom is 0.416 e. The molecule has 0 aliphatic carbocycles. The lowest BCUT2D eigenvalue weighted by atomic mass is 9.97. The van der Waals surface area contributed by atoms with Gasteiger partial charge in [0, 0.05) is 10.6 Å². The maximum absolute atomic E-state index is 12.4. The van der Waals surface area contributed by atoms with E-state index in [0.717, 1.165) is 12.1 Å². The Hall–Kier alpha value is -1.17. The normalized spacial score (nSPS) is 12.3. The van der Waals surface area contributed by atoms with Crippen molar-refractivity contribution in [3.8, 4) is 0 Å². The number of esters is 1. The standard InChI is InChI=1S/C13H15F3O2S/c1-12(2,11(17)18-3)8-19-10-6-4-9(5-7-10)13(14,15)16/h4-7H,8H2,1-3H3. The van der Waals surface area contributed by atoms with Crippen LogP contribution in [0.25, 0.3) is 0 Å². The molecule has 0 atom stereocenters. The molecule has 0 fully saturated rings.